The van der Waals surface area contributed by atoms with Gasteiger partial charge in [-0.2, -0.15) is 0 Å². The average Bonchev–Trinajstić information content (AvgIpc) is 2.63. The minimum atomic E-state index is -3.54. The third-order valence-electron chi connectivity index (χ3n) is 3.03. The maximum atomic E-state index is 12.1. The summed E-state index contributed by atoms with van der Waals surface area (Å²) in [5.41, 5.74) is 0. The Kier molecular flexibility index (Phi) is 3.70. The van der Waals surface area contributed by atoms with Crippen molar-refractivity contribution in [2.75, 3.05) is 0 Å². The number of sulfonamides is 1. The third-order valence-corrected chi connectivity index (χ3v) is 5.00. The minimum Gasteiger partial charge on any atom is -0.243 e. The Morgan fingerprint density at radius 1 is 1.47 bits per heavy atom. The highest BCUT2D eigenvalue weighted by atomic mass is 35.5. The van der Waals surface area contributed by atoms with Crippen molar-refractivity contribution in [1.82, 2.24) is 9.71 Å². The molecule has 1 fully saturated rings. The molecular formula is C11H15ClN2O2S. The zero-order chi connectivity index (χ0) is 12.5. The molecule has 0 aromatic carbocycles. The minimum absolute atomic E-state index is 0.0195. The molecule has 0 radical (unpaired) electrons. The van der Waals surface area contributed by atoms with Crippen molar-refractivity contribution in [2.24, 2.45) is 5.92 Å². The number of pyridine rings is 1. The summed E-state index contributed by atoms with van der Waals surface area (Å²) in [6.07, 6.45) is 4.31. The maximum Gasteiger partial charge on any atom is 0.243 e. The van der Waals surface area contributed by atoms with Crippen molar-refractivity contribution in [3.63, 3.8) is 0 Å². The Morgan fingerprint density at radius 3 is 2.82 bits per heavy atom. The lowest BCUT2D eigenvalue weighted by molar-refractivity contribution is 0.538. The quantitative estimate of drug-likeness (QED) is 0.860. The van der Waals surface area contributed by atoms with Crippen molar-refractivity contribution in [3.05, 3.63) is 23.5 Å². The van der Waals surface area contributed by atoms with Crippen molar-refractivity contribution in [3.8, 4) is 0 Å². The molecule has 6 heteroatoms. The Balaban J connectivity index is 2.17. The predicted octanol–water partition coefficient (Wildman–Crippen LogP) is 2.20. The summed E-state index contributed by atoms with van der Waals surface area (Å²) in [4.78, 5) is 3.84. The molecule has 17 heavy (non-hydrogen) atoms. The zero-order valence-corrected chi connectivity index (χ0v) is 11.1. The van der Waals surface area contributed by atoms with Gasteiger partial charge < -0.3 is 0 Å². The summed E-state index contributed by atoms with van der Waals surface area (Å²) < 4.78 is 26.9. The molecule has 1 aliphatic rings. The molecule has 4 nitrogen and oxygen atoms in total. The Hall–Kier alpha value is -0.650. The van der Waals surface area contributed by atoms with E-state index < -0.39 is 10.0 Å². The molecule has 0 amide bonds. The normalized spacial score (nSPS) is 25.1. The molecule has 1 aromatic heterocycles. The number of hydrogen-bond donors (Lipinski definition) is 1. The van der Waals surface area contributed by atoms with Crippen LogP contribution < -0.4 is 4.72 Å². The van der Waals surface area contributed by atoms with Gasteiger partial charge in [-0.15, -0.1) is 0 Å². The smallest absolute Gasteiger partial charge is 0.243 e. The summed E-state index contributed by atoms with van der Waals surface area (Å²) in [6, 6.07) is 3.06. The topological polar surface area (TPSA) is 59.1 Å². The van der Waals surface area contributed by atoms with Crippen LogP contribution in [0, 0.1) is 5.92 Å². The van der Waals surface area contributed by atoms with Gasteiger partial charge in [0.25, 0.3) is 0 Å². The fourth-order valence-corrected chi connectivity index (χ4v) is 3.90. The van der Waals surface area contributed by atoms with Crippen molar-refractivity contribution >= 4 is 21.6 Å². The molecule has 0 bridgehead atoms. The molecule has 0 saturated heterocycles. The first kappa shape index (κ1) is 12.8. The van der Waals surface area contributed by atoms with Crippen LogP contribution in [-0.2, 0) is 10.0 Å². The first-order chi connectivity index (χ1) is 7.99. The summed E-state index contributed by atoms with van der Waals surface area (Å²) >= 11 is 5.79. The van der Waals surface area contributed by atoms with E-state index in [1.807, 2.05) is 0 Å². The molecule has 1 aromatic rings. The number of hydrogen-bond acceptors (Lipinski definition) is 3. The van der Waals surface area contributed by atoms with Crippen molar-refractivity contribution in [1.29, 1.82) is 0 Å². The Labute approximate surface area is 106 Å². The van der Waals surface area contributed by atoms with Gasteiger partial charge >= 0.3 is 0 Å². The lowest BCUT2D eigenvalue weighted by Gasteiger charge is -2.13. The van der Waals surface area contributed by atoms with E-state index in [0.29, 0.717) is 5.92 Å². The van der Waals surface area contributed by atoms with Crippen LogP contribution in [0.2, 0.25) is 5.15 Å². The number of rotatable bonds is 3. The Bertz CT molecular complexity index is 504. The van der Waals surface area contributed by atoms with Crippen LogP contribution in [0.25, 0.3) is 0 Å². The monoisotopic (exact) mass is 274 g/mol. The third kappa shape index (κ3) is 2.97. The van der Waals surface area contributed by atoms with Gasteiger partial charge in [-0.1, -0.05) is 18.5 Å². The SMILES string of the molecule is CC1CCC(NS(=O)(=O)c2cccnc2Cl)C1. The molecule has 0 spiro atoms. The maximum absolute atomic E-state index is 12.1. The van der Waals surface area contributed by atoms with Crippen LogP contribution in [0.5, 0.6) is 0 Å². The molecular weight excluding hydrogens is 260 g/mol. The van der Waals surface area contributed by atoms with Gasteiger partial charge in [0.15, 0.2) is 0 Å². The second kappa shape index (κ2) is 4.92. The molecule has 1 aliphatic carbocycles. The van der Waals surface area contributed by atoms with E-state index in [0.717, 1.165) is 19.3 Å². The van der Waals surface area contributed by atoms with Crippen LogP contribution in [-0.4, -0.2) is 19.4 Å². The molecule has 1 N–H and O–H groups in total. The van der Waals surface area contributed by atoms with Crippen LogP contribution in [0.1, 0.15) is 26.2 Å². The molecule has 2 rings (SSSR count). The molecule has 1 heterocycles. The number of halogens is 1. The molecule has 0 aliphatic heterocycles. The van der Waals surface area contributed by atoms with E-state index in [-0.39, 0.29) is 16.1 Å². The average molecular weight is 275 g/mol. The number of aromatic nitrogens is 1. The fourth-order valence-electron chi connectivity index (χ4n) is 2.17. The van der Waals surface area contributed by atoms with Crippen molar-refractivity contribution < 1.29 is 8.42 Å². The number of nitrogens with zero attached hydrogens (tertiary/aromatic N) is 1. The van der Waals surface area contributed by atoms with Crippen LogP contribution in [0.4, 0.5) is 0 Å². The number of nitrogens with one attached hydrogen (secondary N) is 1. The zero-order valence-electron chi connectivity index (χ0n) is 9.56. The van der Waals surface area contributed by atoms with E-state index in [9.17, 15) is 8.42 Å². The molecule has 1 saturated carbocycles. The second-order valence-corrected chi connectivity index (χ2v) is 6.57. The van der Waals surface area contributed by atoms with Crippen molar-refractivity contribution in [2.45, 2.75) is 37.1 Å². The highest BCUT2D eigenvalue weighted by Gasteiger charge is 2.27. The van der Waals surface area contributed by atoms with Gasteiger partial charge in [-0.25, -0.2) is 18.1 Å². The molecule has 2 atom stereocenters. The summed E-state index contributed by atoms with van der Waals surface area (Å²) in [6.45, 7) is 2.13. The highest BCUT2D eigenvalue weighted by Crippen LogP contribution is 2.27. The molecule has 2 unspecified atom stereocenters. The van der Waals surface area contributed by atoms with E-state index in [1.54, 1.807) is 6.07 Å². The van der Waals surface area contributed by atoms with Gasteiger partial charge in [-0.3, -0.25) is 0 Å². The molecule has 94 valence electrons. The Morgan fingerprint density at radius 2 is 2.24 bits per heavy atom. The second-order valence-electron chi connectivity index (χ2n) is 4.53. The van der Waals surface area contributed by atoms with Crippen LogP contribution in [0.3, 0.4) is 0 Å². The predicted molar refractivity (Wildman–Crippen MR) is 66.4 cm³/mol. The summed E-state index contributed by atoms with van der Waals surface area (Å²) in [5, 5.41) is 0.0195. The van der Waals surface area contributed by atoms with E-state index in [4.69, 9.17) is 11.6 Å². The first-order valence-electron chi connectivity index (χ1n) is 5.62. The van der Waals surface area contributed by atoms with Gasteiger partial charge in [-0.05, 0) is 37.3 Å². The van der Waals surface area contributed by atoms with E-state index in [2.05, 4.69) is 16.6 Å². The largest absolute Gasteiger partial charge is 0.243 e. The summed E-state index contributed by atoms with van der Waals surface area (Å²) in [7, 11) is -3.54. The van der Waals surface area contributed by atoms with Gasteiger partial charge in [0.05, 0.1) is 0 Å². The lowest BCUT2D eigenvalue weighted by Crippen LogP contribution is -2.33. The lowest BCUT2D eigenvalue weighted by atomic mass is 10.1. The van der Waals surface area contributed by atoms with Gasteiger partial charge in [0.1, 0.15) is 10.0 Å². The summed E-state index contributed by atoms with van der Waals surface area (Å²) in [5.74, 6) is 0.576. The van der Waals surface area contributed by atoms with Gasteiger partial charge in [0, 0.05) is 12.2 Å². The fraction of sp³-hybridized carbons (Fsp3) is 0.545. The first-order valence-corrected chi connectivity index (χ1v) is 7.48. The van der Waals surface area contributed by atoms with Crippen LogP contribution in [0.15, 0.2) is 23.2 Å². The van der Waals surface area contributed by atoms with Crippen LogP contribution >= 0.6 is 11.6 Å². The van der Waals surface area contributed by atoms with E-state index in [1.165, 1.54) is 12.3 Å². The van der Waals surface area contributed by atoms with Gasteiger partial charge in [0.2, 0.25) is 10.0 Å². The standard InChI is InChI=1S/C11H15ClN2O2S/c1-8-4-5-9(7-8)14-17(15,16)10-3-2-6-13-11(10)12/h2-3,6,8-9,14H,4-5,7H2,1H3. The van der Waals surface area contributed by atoms with E-state index >= 15 is 0 Å². The highest BCUT2D eigenvalue weighted by molar-refractivity contribution is 7.89.